The van der Waals surface area contributed by atoms with Crippen LogP contribution in [-0.4, -0.2) is 26.3 Å². The van der Waals surface area contributed by atoms with E-state index in [1.165, 1.54) is 11.1 Å². The van der Waals surface area contributed by atoms with Crippen molar-refractivity contribution < 1.29 is 4.74 Å². The second-order valence-corrected chi connectivity index (χ2v) is 5.62. The Hall–Kier alpha value is -0.680. The Morgan fingerprint density at radius 3 is 2.84 bits per heavy atom. The summed E-state index contributed by atoms with van der Waals surface area (Å²) in [4.78, 5) is 0. The van der Waals surface area contributed by atoms with Crippen molar-refractivity contribution in [3.63, 3.8) is 0 Å². The van der Waals surface area contributed by atoms with Crippen LogP contribution in [-0.2, 0) is 4.74 Å². The van der Waals surface area contributed by atoms with E-state index in [1.54, 1.807) is 0 Å². The highest BCUT2D eigenvalue weighted by molar-refractivity contribution is 9.10. The van der Waals surface area contributed by atoms with Gasteiger partial charge in [0, 0.05) is 23.6 Å². The molecule has 0 aromatic heterocycles. The quantitative estimate of drug-likeness (QED) is 0.570. The Morgan fingerprint density at radius 2 is 2.26 bits per heavy atom. The average molecular weight is 327 g/mol. The van der Waals surface area contributed by atoms with Gasteiger partial charge in [-0.05, 0) is 31.0 Å². The van der Waals surface area contributed by atoms with Crippen molar-refractivity contribution in [2.24, 2.45) is 5.73 Å². The van der Waals surface area contributed by atoms with Gasteiger partial charge in [0.2, 0.25) is 0 Å². The average Bonchev–Trinajstić information content (AvgIpc) is 2.37. The van der Waals surface area contributed by atoms with Crippen LogP contribution in [0.5, 0.6) is 0 Å². The fourth-order valence-corrected chi connectivity index (χ4v) is 2.02. The molecule has 0 aliphatic rings. The van der Waals surface area contributed by atoms with Gasteiger partial charge in [-0.2, -0.15) is 0 Å². The molecular weight excluding hydrogens is 304 g/mol. The molecule has 0 saturated carbocycles. The molecule has 0 amide bonds. The third kappa shape index (κ3) is 5.87. The molecule has 0 saturated heterocycles. The first kappa shape index (κ1) is 16.4. The van der Waals surface area contributed by atoms with Gasteiger partial charge in [-0.3, -0.25) is 0 Å². The van der Waals surface area contributed by atoms with Crippen LogP contribution in [0, 0.1) is 6.92 Å². The van der Waals surface area contributed by atoms with Gasteiger partial charge < -0.3 is 15.8 Å². The maximum Gasteiger partial charge on any atom is 0.0672 e. The van der Waals surface area contributed by atoms with Crippen molar-refractivity contribution in [3.05, 3.63) is 46.0 Å². The molecule has 1 aromatic carbocycles. The van der Waals surface area contributed by atoms with Crippen LogP contribution >= 0.6 is 15.9 Å². The summed E-state index contributed by atoms with van der Waals surface area (Å²) in [6, 6.07) is 6.48. The number of hydrogen-bond donors (Lipinski definition) is 2. The highest BCUT2D eigenvalue weighted by Gasteiger charge is 2.09. The zero-order valence-electron chi connectivity index (χ0n) is 11.7. The van der Waals surface area contributed by atoms with Gasteiger partial charge in [0.25, 0.3) is 0 Å². The zero-order valence-corrected chi connectivity index (χ0v) is 13.3. The minimum absolute atomic E-state index is 0.167. The van der Waals surface area contributed by atoms with Crippen LogP contribution in [0.15, 0.2) is 34.8 Å². The number of nitrogens with two attached hydrogens (primary N) is 1. The van der Waals surface area contributed by atoms with Gasteiger partial charge in [0.1, 0.15) is 0 Å². The number of rotatable bonds is 8. The molecule has 0 fully saturated rings. The molecule has 1 aromatic rings. The molecule has 0 bridgehead atoms. The normalized spacial score (nSPS) is 12.4. The highest BCUT2D eigenvalue weighted by atomic mass is 79.9. The van der Waals surface area contributed by atoms with E-state index in [0.29, 0.717) is 19.8 Å². The maximum atomic E-state index is 5.83. The molecule has 1 atom stereocenters. The standard InChI is InChI=1S/C15H23BrN2O/c1-11(2)10-19-7-6-18-15(9-17)13-4-5-14(16)12(3)8-13/h4-5,8,15,18H,1,6-7,9-10,17H2,2-3H3. The number of aryl methyl sites for hydroxylation is 1. The number of halogens is 1. The first-order valence-corrected chi connectivity index (χ1v) is 7.25. The monoisotopic (exact) mass is 326 g/mol. The summed E-state index contributed by atoms with van der Waals surface area (Å²) in [6.45, 7) is 10.5. The van der Waals surface area contributed by atoms with Crippen molar-refractivity contribution in [2.75, 3.05) is 26.3 Å². The minimum Gasteiger partial charge on any atom is -0.376 e. The van der Waals surface area contributed by atoms with Gasteiger partial charge in [-0.1, -0.05) is 40.2 Å². The Balaban J connectivity index is 2.44. The van der Waals surface area contributed by atoms with Crippen LogP contribution in [0.4, 0.5) is 0 Å². The van der Waals surface area contributed by atoms with Crippen LogP contribution in [0.2, 0.25) is 0 Å². The second-order valence-electron chi connectivity index (χ2n) is 4.76. The van der Waals surface area contributed by atoms with Crippen LogP contribution in [0.3, 0.4) is 0 Å². The van der Waals surface area contributed by atoms with Crippen molar-refractivity contribution in [3.8, 4) is 0 Å². The molecule has 0 radical (unpaired) electrons. The van der Waals surface area contributed by atoms with E-state index in [1.807, 2.05) is 6.92 Å². The smallest absolute Gasteiger partial charge is 0.0672 e. The molecule has 4 heteroatoms. The lowest BCUT2D eigenvalue weighted by Gasteiger charge is -2.18. The van der Waals surface area contributed by atoms with E-state index in [0.717, 1.165) is 16.6 Å². The van der Waals surface area contributed by atoms with Crippen LogP contribution < -0.4 is 11.1 Å². The Morgan fingerprint density at radius 1 is 1.53 bits per heavy atom. The Bertz CT molecular complexity index is 421. The summed E-state index contributed by atoms with van der Waals surface area (Å²) >= 11 is 3.51. The summed E-state index contributed by atoms with van der Waals surface area (Å²) in [5, 5.41) is 3.41. The van der Waals surface area contributed by atoms with Crippen molar-refractivity contribution >= 4 is 15.9 Å². The zero-order chi connectivity index (χ0) is 14.3. The van der Waals surface area contributed by atoms with E-state index in [9.17, 15) is 0 Å². The van der Waals surface area contributed by atoms with Crippen LogP contribution in [0.25, 0.3) is 0 Å². The van der Waals surface area contributed by atoms with Crippen LogP contribution in [0.1, 0.15) is 24.1 Å². The van der Waals surface area contributed by atoms with E-state index in [4.69, 9.17) is 10.5 Å². The fraction of sp³-hybridized carbons (Fsp3) is 0.467. The fourth-order valence-electron chi connectivity index (χ4n) is 1.77. The molecule has 1 unspecified atom stereocenters. The molecule has 19 heavy (non-hydrogen) atoms. The van der Waals surface area contributed by atoms with Gasteiger partial charge in [-0.25, -0.2) is 0 Å². The number of hydrogen-bond acceptors (Lipinski definition) is 3. The number of ether oxygens (including phenoxy) is 1. The summed E-state index contributed by atoms with van der Waals surface area (Å²) in [7, 11) is 0. The predicted molar refractivity (Wildman–Crippen MR) is 84.3 cm³/mol. The summed E-state index contributed by atoms with van der Waals surface area (Å²) in [5.74, 6) is 0. The van der Waals surface area contributed by atoms with Crippen molar-refractivity contribution in [2.45, 2.75) is 19.9 Å². The molecular formula is C15H23BrN2O. The third-order valence-electron chi connectivity index (χ3n) is 2.81. The number of benzene rings is 1. The number of nitrogens with one attached hydrogen (secondary N) is 1. The second kappa shape index (κ2) is 8.48. The molecule has 1 rings (SSSR count). The first-order valence-electron chi connectivity index (χ1n) is 6.46. The molecule has 3 N–H and O–H groups in total. The molecule has 0 aliphatic carbocycles. The molecule has 0 spiro atoms. The third-order valence-corrected chi connectivity index (χ3v) is 3.70. The summed E-state index contributed by atoms with van der Waals surface area (Å²) < 4.78 is 6.58. The first-order chi connectivity index (χ1) is 9.04. The molecule has 0 aliphatic heterocycles. The van der Waals surface area contributed by atoms with Gasteiger partial charge in [0.05, 0.1) is 13.2 Å². The van der Waals surface area contributed by atoms with E-state index in [2.05, 4.69) is 52.9 Å². The minimum atomic E-state index is 0.167. The summed E-state index contributed by atoms with van der Waals surface area (Å²) in [5.41, 5.74) is 9.30. The topological polar surface area (TPSA) is 47.3 Å². The maximum absolute atomic E-state index is 5.83. The molecule has 0 heterocycles. The highest BCUT2D eigenvalue weighted by Crippen LogP contribution is 2.20. The van der Waals surface area contributed by atoms with Crippen molar-refractivity contribution in [1.29, 1.82) is 0 Å². The summed E-state index contributed by atoms with van der Waals surface area (Å²) in [6.07, 6.45) is 0. The Labute approximate surface area is 124 Å². The van der Waals surface area contributed by atoms with Crippen molar-refractivity contribution in [1.82, 2.24) is 5.32 Å². The molecule has 3 nitrogen and oxygen atoms in total. The molecule has 106 valence electrons. The largest absolute Gasteiger partial charge is 0.376 e. The van der Waals surface area contributed by atoms with Gasteiger partial charge >= 0.3 is 0 Å². The Kier molecular flexibility index (Phi) is 7.31. The lowest BCUT2D eigenvalue weighted by molar-refractivity contribution is 0.155. The van der Waals surface area contributed by atoms with E-state index < -0.39 is 0 Å². The SMILES string of the molecule is C=C(C)COCCNC(CN)c1ccc(Br)c(C)c1. The lowest BCUT2D eigenvalue weighted by atomic mass is 10.0. The van der Waals surface area contributed by atoms with Gasteiger partial charge in [-0.15, -0.1) is 0 Å². The predicted octanol–water partition coefficient (Wildman–Crippen LogP) is 2.94. The van der Waals surface area contributed by atoms with Gasteiger partial charge in [0.15, 0.2) is 0 Å². The van der Waals surface area contributed by atoms with E-state index >= 15 is 0 Å². The van der Waals surface area contributed by atoms with E-state index in [-0.39, 0.29) is 6.04 Å². The lowest BCUT2D eigenvalue weighted by Crippen LogP contribution is -2.31.